The smallest absolute Gasteiger partial charge is 0.278 e. The third kappa shape index (κ3) is 3.20. The highest BCUT2D eigenvalue weighted by Gasteiger charge is 2.18. The second-order valence-corrected chi connectivity index (χ2v) is 5.94. The standard InChI is InChI=1S/C14H21N5O/c1-14(2,8-15)9-18(3)10-19-13(20)11-6-4-5-7-12(11)16-17-19/h4-7H,8-10,15H2,1-3H3. The molecule has 0 saturated heterocycles. The van der Waals surface area contributed by atoms with Gasteiger partial charge in [-0.05, 0) is 31.1 Å². The van der Waals surface area contributed by atoms with Crippen LogP contribution in [-0.4, -0.2) is 40.0 Å². The summed E-state index contributed by atoms with van der Waals surface area (Å²) in [6.07, 6.45) is 0. The van der Waals surface area contributed by atoms with Crippen LogP contribution in [0, 0.1) is 5.41 Å². The van der Waals surface area contributed by atoms with Gasteiger partial charge in [-0.25, -0.2) is 0 Å². The van der Waals surface area contributed by atoms with Crippen LogP contribution >= 0.6 is 0 Å². The first-order valence-corrected chi connectivity index (χ1v) is 6.64. The second-order valence-electron chi connectivity index (χ2n) is 5.94. The molecule has 0 bridgehead atoms. The van der Waals surface area contributed by atoms with Crippen LogP contribution in [0.25, 0.3) is 10.9 Å². The minimum atomic E-state index is -0.118. The Morgan fingerprint density at radius 3 is 2.75 bits per heavy atom. The Labute approximate surface area is 118 Å². The molecule has 6 nitrogen and oxygen atoms in total. The van der Waals surface area contributed by atoms with E-state index in [1.165, 1.54) is 4.68 Å². The lowest BCUT2D eigenvalue weighted by Crippen LogP contribution is -2.40. The summed E-state index contributed by atoms with van der Waals surface area (Å²) in [6.45, 7) is 5.97. The Balaban J connectivity index is 2.22. The molecule has 0 aliphatic rings. The summed E-state index contributed by atoms with van der Waals surface area (Å²) < 4.78 is 1.38. The molecule has 0 radical (unpaired) electrons. The van der Waals surface area contributed by atoms with Gasteiger partial charge >= 0.3 is 0 Å². The summed E-state index contributed by atoms with van der Waals surface area (Å²) in [4.78, 5) is 14.3. The van der Waals surface area contributed by atoms with Crippen molar-refractivity contribution >= 4 is 10.9 Å². The largest absolute Gasteiger partial charge is 0.330 e. The molecular formula is C14H21N5O. The SMILES string of the molecule is CN(Cn1nnc2ccccc2c1=O)CC(C)(C)CN. The predicted molar refractivity (Wildman–Crippen MR) is 79.3 cm³/mol. The first kappa shape index (κ1) is 14.6. The Bertz CT molecular complexity index is 649. The van der Waals surface area contributed by atoms with Crippen LogP contribution < -0.4 is 11.3 Å². The van der Waals surface area contributed by atoms with Gasteiger partial charge in [0.05, 0.1) is 12.1 Å². The zero-order valence-corrected chi connectivity index (χ0v) is 12.2. The van der Waals surface area contributed by atoms with Crippen LogP contribution in [0.4, 0.5) is 0 Å². The van der Waals surface area contributed by atoms with Gasteiger partial charge in [0.25, 0.3) is 5.56 Å². The first-order valence-electron chi connectivity index (χ1n) is 6.64. The average Bonchev–Trinajstić information content (AvgIpc) is 2.42. The van der Waals surface area contributed by atoms with E-state index < -0.39 is 0 Å². The Morgan fingerprint density at radius 1 is 1.35 bits per heavy atom. The lowest BCUT2D eigenvalue weighted by atomic mass is 9.93. The van der Waals surface area contributed by atoms with E-state index in [0.717, 1.165) is 6.54 Å². The summed E-state index contributed by atoms with van der Waals surface area (Å²) >= 11 is 0. The first-order chi connectivity index (χ1) is 9.43. The lowest BCUT2D eigenvalue weighted by molar-refractivity contribution is 0.168. The maximum Gasteiger partial charge on any atom is 0.278 e. The highest BCUT2D eigenvalue weighted by Crippen LogP contribution is 2.13. The quantitative estimate of drug-likeness (QED) is 0.867. The number of hydrogen-bond acceptors (Lipinski definition) is 5. The third-order valence-electron chi connectivity index (χ3n) is 3.26. The van der Waals surface area contributed by atoms with Gasteiger partial charge in [-0.2, -0.15) is 4.68 Å². The molecule has 1 heterocycles. The highest BCUT2D eigenvalue weighted by molar-refractivity contribution is 5.76. The number of rotatable bonds is 5. The molecule has 2 rings (SSSR count). The van der Waals surface area contributed by atoms with E-state index in [2.05, 4.69) is 24.2 Å². The van der Waals surface area contributed by atoms with E-state index in [0.29, 0.717) is 24.1 Å². The molecule has 2 aromatic rings. The van der Waals surface area contributed by atoms with E-state index in [9.17, 15) is 4.79 Å². The molecule has 1 aromatic heterocycles. The van der Waals surface area contributed by atoms with E-state index >= 15 is 0 Å². The van der Waals surface area contributed by atoms with E-state index in [4.69, 9.17) is 5.73 Å². The van der Waals surface area contributed by atoms with Crippen molar-refractivity contribution in [1.29, 1.82) is 0 Å². The van der Waals surface area contributed by atoms with Gasteiger partial charge in [0.2, 0.25) is 0 Å². The monoisotopic (exact) mass is 275 g/mol. The Morgan fingerprint density at radius 2 is 2.05 bits per heavy atom. The van der Waals surface area contributed by atoms with Crippen LogP contribution in [0.2, 0.25) is 0 Å². The van der Waals surface area contributed by atoms with Crippen molar-refractivity contribution in [3.8, 4) is 0 Å². The number of nitrogens with two attached hydrogens (primary N) is 1. The molecule has 0 saturated carbocycles. The van der Waals surface area contributed by atoms with Crippen LogP contribution in [0.3, 0.4) is 0 Å². The van der Waals surface area contributed by atoms with Gasteiger partial charge in [-0.15, -0.1) is 5.10 Å². The molecule has 0 atom stereocenters. The zero-order valence-electron chi connectivity index (χ0n) is 12.2. The lowest BCUT2D eigenvalue weighted by Gasteiger charge is -2.28. The van der Waals surface area contributed by atoms with Gasteiger partial charge in [0.1, 0.15) is 5.52 Å². The van der Waals surface area contributed by atoms with Crippen molar-refractivity contribution < 1.29 is 0 Å². The fourth-order valence-corrected chi connectivity index (χ4v) is 2.19. The normalized spacial score (nSPS) is 12.2. The molecule has 0 aliphatic carbocycles. The predicted octanol–water partition coefficient (Wildman–Crippen LogP) is 0.666. The van der Waals surface area contributed by atoms with Crippen molar-refractivity contribution in [3.63, 3.8) is 0 Å². The molecule has 0 aliphatic heterocycles. The number of aromatic nitrogens is 3. The second kappa shape index (κ2) is 5.68. The van der Waals surface area contributed by atoms with Gasteiger partial charge in [0, 0.05) is 6.54 Å². The molecule has 0 amide bonds. The summed E-state index contributed by atoms with van der Waals surface area (Å²) in [6, 6.07) is 7.23. The van der Waals surface area contributed by atoms with E-state index in [-0.39, 0.29) is 11.0 Å². The molecular weight excluding hydrogens is 254 g/mol. The van der Waals surface area contributed by atoms with Crippen molar-refractivity contribution in [1.82, 2.24) is 19.9 Å². The van der Waals surface area contributed by atoms with Crippen LogP contribution in [0.5, 0.6) is 0 Å². The van der Waals surface area contributed by atoms with E-state index in [1.54, 1.807) is 12.1 Å². The van der Waals surface area contributed by atoms with Crippen molar-refractivity contribution in [2.24, 2.45) is 11.1 Å². The zero-order chi connectivity index (χ0) is 14.8. The summed E-state index contributed by atoms with van der Waals surface area (Å²) in [7, 11) is 1.95. The molecule has 2 N–H and O–H groups in total. The number of nitrogens with zero attached hydrogens (tertiary/aromatic N) is 4. The van der Waals surface area contributed by atoms with Crippen molar-refractivity contribution in [2.45, 2.75) is 20.5 Å². The molecule has 1 aromatic carbocycles. The van der Waals surface area contributed by atoms with Gasteiger partial charge in [0.15, 0.2) is 0 Å². The molecule has 0 unspecified atom stereocenters. The van der Waals surface area contributed by atoms with Gasteiger partial charge in [-0.3, -0.25) is 9.69 Å². The molecule has 20 heavy (non-hydrogen) atoms. The third-order valence-corrected chi connectivity index (χ3v) is 3.26. The number of fused-ring (bicyclic) bond motifs is 1. The maximum atomic E-state index is 12.3. The Kier molecular flexibility index (Phi) is 4.15. The minimum Gasteiger partial charge on any atom is -0.330 e. The van der Waals surface area contributed by atoms with Crippen molar-refractivity contribution in [2.75, 3.05) is 20.1 Å². The molecule has 108 valence electrons. The fourth-order valence-electron chi connectivity index (χ4n) is 2.19. The Hall–Kier alpha value is -1.79. The summed E-state index contributed by atoms with van der Waals surface area (Å²) in [5.41, 5.74) is 6.24. The van der Waals surface area contributed by atoms with Crippen LogP contribution in [0.1, 0.15) is 13.8 Å². The van der Waals surface area contributed by atoms with Crippen molar-refractivity contribution in [3.05, 3.63) is 34.6 Å². The van der Waals surface area contributed by atoms with Gasteiger partial charge in [-0.1, -0.05) is 31.2 Å². The average molecular weight is 275 g/mol. The fraction of sp³-hybridized carbons (Fsp3) is 0.500. The van der Waals surface area contributed by atoms with Crippen LogP contribution in [0.15, 0.2) is 29.1 Å². The van der Waals surface area contributed by atoms with Gasteiger partial charge < -0.3 is 5.73 Å². The molecule has 0 spiro atoms. The topological polar surface area (TPSA) is 77.0 Å². The highest BCUT2D eigenvalue weighted by atomic mass is 16.1. The van der Waals surface area contributed by atoms with E-state index in [1.807, 2.05) is 24.1 Å². The molecule has 6 heteroatoms. The number of hydrogen-bond donors (Lipinski definition) is 1. The number of benzene rings is 1. The maximum absolute atomic E-state index is 12.3. The minimum absolute atomic E-state index is 0.00261. The summed E-state index contributed by atoms with van der Waals surface area (Å²) in [5, 5.41) is 8.65. The molecule has 0 fully saturated rings. The summed E-state index contributed by atoms with van der Waals surface area (Å²) in [5.74, 6) is 0. The van der Waals surface area contributed by atoms with Crippen LogP contribution in [-0.2, 0) is 6.67 Å².